The molecule has 12 rings (SSSR count). The van der Waals surface area contributed by atoms with Crippen molar-refractivity contribution >= 4 is 0 Å². The van der Waals surface area contributed by atoms with Gasteiger partial charge in [0.05, 0.1) is 38.6 Å². The molecule has 1 saturated carbocycles. The standard InChI is InChI=1S/4C8H8F2.2C8H9F.C8H16.C8H10.2C7H14O.2C6H12O2/c1-5-3-8(10)6(2)4-7(5)9;2*1-5-3-7(9)6(2)8(10)4-5;1-5-3-4-6(2)8(10)7(5)9;2*1-6-3-4-7(2)8(9)5-6;2*1-7-3-5-8(2)6-4-7;2*1-6-3-4-7(2)8-5-6;2*1-5-3-7-6(2)8-4-5/h4*3-4H,1-2H3;2*3-5H,1-2H3;7-8H,3-6H2,1-2H3;3-6H,1-2H3;2*6-7H,3-5H2,1-2H3;2*5-6H,3-4H2,1-2H3. The molecule has 5 fully saturated rings. The minimum absolute atomic E-state index is 0.0196. The van der Waals surface area contributed by atoms with Crippen LogP contribution in [0, 0.1) is 191 Å². The topological polar surface area (TPSA) is 55.4 Å². The molecule has 4 atom stereocenters. The zero-order valence-electron chi connectivity index (χ0n) is 68.3. The van der Waals surface area contributed by atoms with Crippen LogP contribution >= 0.6 is 0 Å². The predicted molar refractivity (Wildman–Crippen MR) is 416 cm³/mol. The van der Waals surface area contributed by atoms with Gasteiger partial charge in [-0.25, -0.2) is 43.9 Å². The molecule has 1 aliphatic carbocycles. The summed E-state index contributed by atoms with van der Waals surface area (Å²) in [4.78, 5) is 0. The smallest absolute Gasteiger partial charge is 0.161 e. The molecule has 7 aromatic rings. The van der Waals surface area contributed by atoms with E-state index in [2.05, 4.69) is 93.5 Å². The third-order valence-corrected chi connectivity index (χ3v) is 17.9. The van der Waals surface area contributed by atoms with Gasteiger partial charge in [0.1, 0.15) is 46.5 Å². The SMILES string of the molecule is CC1CCC(C)CC1.CC1CCC(C)OC1.CC1CCC(C)OC1.CC1COC(C)OC1.CC1COC(C)OC1.Cc1cc(F)c(C)c(F)c1.Cc1cc(F)c(C)c(F)c1.Cc1cc(F)c(C)cc1F.Cc1ccc(C)c(F)c1.Cc1ccc(C)c(F)c1.Cc1ccc(C)c(F)c1F.Cc1ccc(C)cc1. The zero-order chi connectivity index (χ0) is 80.5. The lowest BCUT2D eigenvalue weighted by molar-refractivity contribution is -0.187. The van der Waals surface area contributed by atoms with Crippen molar-refractivity contribution < 1.29 is 72.3 Å². The summed E-state index contributed by atoms with van der Waals surface area (Å²) in [5.41, 5.74) is 8.82. The molecule has 6 nitrogen and oxygen atoms in total. The van der Waals surface area contributed by atoms with Crippen LogP contribution < -0.4 is 0 Å². The molecule has 0 spiro atoms. The van der Waals surface area contributed by atoms with E-state index in [1.165, 1.54) is 153 Å². The highest BCUT2D eigenvalue weighted by Gasteiger charge is 2.18. The van der Waals surface area contributed by atoms with E-state index in [1.54, 1.807) is 52.0 Å². The number of aryl methyl sites for hydroxylation is 12. The number of rotatable bonds is 0. The van der Waals surface area contributed by atoms with Crippen molar-refractivity contribution in [2.45, 2.75) is 242 Å². The lowest BCUT2D eigenvalue weighted by atomic mass is 9.84. The highest BCUT2D eigenvalue weighted by atomic mass is 19.2. The van der Waals surface area contributed by atoms with Crippen LogP contribution in [0.3, 0.4) is 0 Å². The van der Waals surface area contributed by atoms with Gasteiger partial charge in [-0.15, -0.1) is 0 Å². The molecule has 0 bridgehead atoms. The fraction of sp³-hybridized carbons (Fsp3) is 0.533. The molecule has 16 heteroatoms. The summed E-state index contributed by atoms with van der Waals surface area (Å²) in [7, 11) is 0. The van der Waals surface area contributed by atoms with Gasteiger partial charge >= 0.3 is 0 Å². The maximum Gasteiger partial charge on any atom is 0.161 e. The lowest BCUT2D eigenvalue weighted by Crippen LogP contribution is -2.27. The molecule has 106 heavy (non-hydrogen) atoms. The predicted octanol–water partition coefficient (Wildman–Crippen LogP) is 26.0. The zero-order valence-corrected chi connectivity index (χ0v) is 68.3. The van der Waals surface area contributed by atoms with Gasteiger partial charge in [-0.05, 0) is 278 Å². The van der Waals surface area contributed by atoms with Gasteiger partial charge in [0.2, 0.25) is 0 Å². The van der Waals surface area contributed by atoms with E-state index in [4.69, 9.17) is 28.4 Å². The van der Waals surface area contributed by atoms with E-state index in [0.717, 1.165) is 74.4 Å². The van der Waals surface area contributed by atoms with Crippen molar-refractivity contribution in [3.63, 3.8) is 0 Å². The molecule has 4 unspecified atom stereocenters. The summed E-state index contributed by atoms with van der Waals surface area (Å²) in [6.07, 6.45) is 12.2. The van der Waals surface area contributed by atoms with Crippen molar-refractivity contribution in [1.82, 2.24) is 0 Å². The maximum atomic E-state index is 12.6. The minimum Gasteiger partial charge on any atom is -0.378 e. The lowest BCUT2D eigenvalue weighted by Gasteiger charge is -2.24. The van der Waals surface area contributed by atoms with Crippen LogP contribution in [0.25, 0.3) is 0 Å². The highest BCUT2D eigenvalue weighted by Crippen LogP contribution is 2.27. The number of hydrogen-bond acceptors (Lipinski definition) is 6. The Bertz CT molecular complexity index is 3130. The summed E-state index contributed by atoms with van der Waals surface area (Å²) in [5.74, 6) is 0.486. The molecule has 5 aliphatic rings. The highest BCUT2D eigenvalue weighted by molar-refractivity contribution is 5.27. The van der Waals surface area contributed by atoms with Crippen LogP contribution in [-0.4, -0.2) is 64.4 Å². The Morgan fingerprint density at radius 1 is 0.217 bits per heavy atom. The molecule has 0 N–H and O–H groups in total. The first-order valence-corrected chi connectivity index (χ1v) is 37.4. The number of benzene rings is 7. The second-order valence-corrected chi connectivity index (χ2v) is 29.7. The van der Waals surface area contributed by atoms with Crippen LogP contribution in [0.15, 0.2) is 109 Å². The molecule has 4 heterocycles. The Labute approximate surface area is 632 Å². The van der Waals surface area contributed by atoms with Gasteiger partial charge in [-0.3, -0.25) is 0 Å². The average Bonchev–Trinajstić information content (AvgIpc) is 0.838. The Kier molecular flexibility index (Phi) is 48.5. The summed E-state index contributed by atoms with van der Waals surface area (Å²) in [6, 6.07) is 29.7. The van der Waals surface area contributed by atoms with Crippen molar-refractivity contribution in [2.24, 2.45) is 35.5 Å². The van der Waals surface area contributed by atoms with Crippen LogP contribution in [0.4, 0.5) is 43.9 Å². The first-order chi connectivity index (χ1) is 49.6. The van der Waals surface area contributed by atoms with Gasteiger partial charge in [0.15, 0.2) is 24.2 Å². The largest absolute Gasteiger partial charge is 0.378 e. The summed E-state index contributed by atoms with van der Waals surface area (Å²) >= 11 is 0. The van der Waals surface area contributed by atoms with Gasteiger partial charge in [-0.2, -0.15) is 0 Å². The third-order valence-electron chi connectivity index (χ3n) is 17.9. The molecule has 0 aromatic heterocycles. The molecular formula is C90H128F10O6. The van der Waals surface area contributed by atoms with Gasteiger partial charge in [-0.1, -0.05) is 139 Å². The molecule has 7 aromatic carbocycles. The third kappa shape index (κ3) is 43.6. The molecule has 0 radical (unpaired) electrons. The molecule has 4 aliphatic heterocycles. The van der Waals surface area contributed by atoms with Crippen molar-refractivity contribution in [1.29, 1.82) is 0 Å². The van der Waals surface area contributed by atoms with Crippen LogP contribution in [0.5, 0.6) is 0 Å². The number of hydrogen-bond donors (Lipinski definition) is 0. The number of halogens is 10. The van der Waals surface area contributed by atoms with Crippen LogP contribution in [0.2, 0.25) is 0 Å². The van der Waals surface area contributed by atoms with Crippen molar-refractivity contribution in [3.8, 4) is 0 Å². The summed E-state index contributed by atoms with van der Waals surface area (Å²) in [6.45, 7) is 50.7. The maximum absolute atomic E-state index is 12.6. The van der Waals surface area contributed by atoms with Crippen LogP contribution in [-0.2, 0) is 28.4 Å². The van der Waals surface area contributed by atoms with E-state index in [1.807, 2.05) is 39.8 Å². The number of ether oxygens (including phenoxy) is 6. The second kappa shape index (κ2) is 52.6. The summed E-state index contributed by atoms with van der Waals surface area (Å²) in [5, 5.41) is 0. The second-order valence-electron chi connectivity index (χ2n) is 29.7. The van der Waals surface area contributed by atoms with Gasteiger partial charge in [0.25, 0.3) is 0 Å². The molecule has 0 amide bonds. The Morgan fingerprint density at radius 2 is 0.443 bits per heavy atom. The fourth-order valence-electron chi connectivity index (χ4n) is 9.91. The van der Waals surface area contributed by atoms with E-state index >= 15 is 0 Å². The van der Waals surface area contributed by atoms with Gasteiger partial charge in [0, 0.05) is 36.2 Å². The minimum atomic E-state index is -0.736. The average molecular weight is 1500 g/mol. The van der Waals surface area contributed by atoms with Crippen molar-refractivity contribution in [3.05, 3.63) is 245 Å². The Hall–Kier alpha value is -6.40. The quantitative estimate of drug-likeness (QED) is 0.141. The summed E-state index contributed by atoms with van der Waals surface area (Å²) < 4.78 is 157. The monoisotopic (exact) mass is 1490 g/mol. The molecular weight excluding hydrogens is 1370 g/mol. The van der Waals surface area contributed by atoms with E-state index in [9.17, 15) is 43.9 Å². The molecule has 4 saturated heterocycles. The van der Waals surface area contributed by atoms with E-state index in [0.29, 0.717) is 68.6 Å². The first-order valence-electron chi connectivity index (χ1n) is 37.4. The van der Waals surface area contributed by atoms with E-state index in [-0.39, 0.29) is 47.0 Å². The molecule has 594 valence electrons. The first kappa shape index (κ1) is 97.6. The Morgan fingerprint density at radius 3 is 0.670 bits per heavy atom. The Balaban J connectivity index is 0.000000579. The fourth-order valence-corrected chi connectivity index (χ4v) is 9.91. The van der Waals surface area contributed by atoms with Crippen molar-refractivity contribution in [2.75, 3.05) is 39.6 Å². The normalized spacial score (nSPS) is 21.1. The van der Waals surface area contributed by atoms with Gasteiger partial charge < -0.3 is 28.4 Å². The van der Waals surface area contributed by atoms with E-state index < -0.39 is 34.9 Å². The van der Waals surface area contributed by atoms with Crippen LogP contribution in [0.1, 0.15) is 198 Å².